The van der Waals surface area contributed by atoms with Gasteiger partial charge in [0.1, 0.15) is 24.1 Å². The number of carbonyl (C=O) groups is 1. The Labute approximate surface area is 164 Å². The van der Waals surface area contributed by atoms with Gasteiger partial charge in [0.2, 0.25) is 5.91 Å². The number of hydrogen-bond donors (Lipinski definition) is 0. The van der Waals surface area contributed by atoms with Crippen molar-refractivity contribution in [3.8, 4) is 5.69 Å². The minimum absolute atomic E-state index is 0.0994. The van der Waals surface area contributed by atoms with E-state index in [1.807, 2.05) is 24.3 Å². The fourth-order valence-electron chi connectivity index (χ4n) is 3.66. The zero-order chi connectivity index (χ0) is 20.0. The van der Waals surface area contributed by atoms with Crippen LogP contribution in [0.5, 0.6) is 0 Å². The molecule has 144 valence electrons. The van der Waals surface area contributed by atoms with Gasteiger partial charge in [-0.2, -0.15) is 5.10 Å². The lowest BCUT2D eigenvalue weighted by atomic mass is 10.2. The molecule has 4 aromatic rings. The topological polar surface area (TPSA) is 73.0 Å². The van der Waals surface area contributed by atoms with E-state index in [2.05, 4.69) is 10.1 Å². The van der Waals surface area contributed by atoms with Crippen LogP contribution in [-0.2, 0) is 17.8 Å². The SMILES string of the molecule is O=C(Cn1cnc2c(cnn2-c2ccc(F)cc2)c1=O)N1CCc2ccccc21. The molecule has 3 heterocycles. The minimum Gasteiger partial charge on any atom is -0.310 e. The van der Waals surface area contributed by atoms with E-state index in [0.717, 1.165) is 17.7 Å². The minimum atomic E-state index is -0.359. The number of rotatable bonds is 3. The first kappa shape index (κ1) is 17.3. The van der Waals surface area contributed by atoms with Crippen molar-refractivity contribution in [1.82, 2.24) is 19.3 Å². The van der Waals surface area contributed by atoms with Crippen molar-refractivity contribution in [2.75, 3.05) is 11.4 Å². The first-order valence-electron chi connectivity index (χ1n) is 9.19. The number of benzene rings is 2. The molecule has 7 nitrogen and oxygen atoms in total. The summed E-state index contributed by atoms with van der Waals surface area (Å²) in [7, 11) is 0. The Kier molecular flexibility index (Phi) is 3.97. The van der Waals surface area contributed by atoms with Gasteiger partial charge in [0.25, 0.3) is 5.56 Å². The molecule has 8 heteroatoms. The number of nitrogens with zero attached hydrogens (tertiary/aromatic N) is 5. The Bertz CT molecular complexity index is 1290. The van der Waals surface area contributed by atoms with Crippen LogP contribution in [0.2, 0.25) is 0 Å². The van der Waals surface area contributed by atoms with Gasteiger partial charge >= 0.3 is 0 Å². The molecule has 1 aliphatic rings. The normalized spacial score (nSPS) is 13.1. The molecule has 1 amide bonds. The number of anilines is 1. The van der Waals surface area contributed by atoms with Gasteiger partial charge in [-0.3, -0.25) is 14.2 Å². The molecule has 1 aliphatic heterocycles. The zero-order valence-corrected chi connectivity index (χ0v) is 15.3. The second-order valence-corrected chi connectivity index (χ2v) is 6.87. The third-order valence-electron chi connectivity index (χ3n) is 5.12. The number of amides is 1. The Morgan fingerprint density at radius 2 is 1.90 bits per heavy atom. The molecule has 29 heavy (non-hydrogen) atoms. The van der Waals surface area contributed by atoms with E-state index in [-0.39, 0.29) is 23.8 Å². The summed E-state index contributed by atoms with van der Waals surface area (Å²) in [5, 5.41) is 4.50. The smallest absolute Gasteiger partial charge is 0.264 e. The molecular formula is C21H16FN5O2. The first-order chi connectivity index (χ1) is 14.1. The average Bonchev–Trinajstić information content (AvgIpc) is 3.35. The molecule has 0 N–H and O–H groups in total. The zero-order valence-electron chi connectivity index (χ0n) is 15.3. The fourth-order valence-corrected chi connectivity index (χ4v) is 3.66. The molecule has 0 bridgehead atoms. The van der Waals surface area contributed by atoms with Crippen LogP contribution in [-0.4, -0.2) is 31.8 Å². The van der Waals surface area contributed by atoms with E-state index in [4.69, 9.17) is 0 Å². The molecule has 0 saturated heterocycles. The summed E-state index contributed by atoms with van der Waals surface area (Å²) in [6.07, 6.45) is 3.57. The van der Waals surface area contributed by atoms with Crippen LogP contribution in [0.15, 0.2) is 65.8 Å². The summed E-state index contributed by atoms with van der Waals surface area (Å²) in [5.41, 5.74) is 2.63. The fraction of sp³-hybridized carbons (Fsp3) is 0.143. The number of hydrogen-bond acceptors (Lipinski definition) is 4. The van der Waals surface area contributed by atoms with Crippen molar-refractivity contribution in [3.63, 3.8) is 0 Å². The highest BCUT2D eigenvalue weighted by Gasteiger charge is 2.24. The lowest BCUT2D eigenvalue weighted by Gasteiger charge is -2.17. The second-order valence-electron chi connectivity index (χ2n) is 6.87. The van der Waals surface area contributed by atoms with Crippen LogP contribution >= 0.6 is 0 Å². The number of aromatic nitrogens is 4. The van der Waals surface area contributed by atoms with Gasteiger partial charge in [-0.05, 0) is 42.3 Å². The molecule has 0 unspecified atom stereocenters. The molecule has 0 radical (unpaired) electrons. The largest absolute Gasteiger partial charge is 0.310 e. The van der Waals surface area contributed by atoms with E-state index in [9.17, 15) is 14.0 Å². The third-order valence-corrected chi connectivity index (χ3v) is 5.12. The van der Waals surface area contributed by atoms with Crippen LogP contribution in [0.3, 0.4) is 0 Å². The van der Waals surface area contributed by atoms with Gasteiger partial charge < -0.3 is 4.90 Å². The van der Waals surface area contributed by atoms with Crippen LogP contribution in [0.1, 0.15) is 5.56 Å². The van der Waals surface area contributed by atoms with Crippen LogP contribution in [0, 0.1) is 5.82 Å². The van der Waals surface area contributed by atoms with Crippen molar-refractivity contribution >= 4 is 22.6 Å². The van der Waals surface area contributed by atoms with Gasteiger partial charge in [-0.1, -0.05) is 18.2 Å². The Morgan fingerprint density at radius 3 is 2.72 bits per heavy atom. The Morgan fingerprint density at radius 1 is 1.10 bits per heavy atom. The summed E-state index contributed by atoms with van der Waals surface area (Å²) < 4.78 is 15.9. The number of fused-ring (bicyclic) bond motifs is 2. The molecule has 2 aromatic carbocycles. The lowest BCUT2D eigenvalue weighted by Crippen LogP contribution is -2.35. The summed E-state index contributed by atoms with van der Waals surface area (Å²) in [5.74, 6) is -0.522. The average molecular weight is 389 g/mol. The molecule has 0 atom stereocenters. The van der Waals surface area contributed by atoms with E-state index in [1.165, 1.54) is 33.9 Å². The first-order valence-corrected chi connectivity index (χ1v) is 9.19. The molecule has 0 aliphatic carbocycles. The Hall–Kier alpha value is -3.81. The number of halogens is 1. The van der Waals surface area contributed by atoms with Gasteiger partial charge in [-0.25, -0.2) is 14.1 Å². The van der Waals surface area contributed by atoms with E-state index < -0.39 is 0 Å². The molecular weight excluding hydrogens is 373 g/mol. The molecule has 0 spiro atoms. The van der Waals surface area contributed by atoms with E-state index in [1.54, 1.807) is 17.0 Å². The molecule has 5 rings (SSSR count). The van der Waals surface area contributed by atoms with Gasteiger partial charge in [-0.15, -0.1) is 0 Å². The summed E-state index contributed by atoms with van der Waals surface area (Å²) >= 11 is 0. The van der Waals surface area contributed by atoms with Crippen molar-refractivity contribution < 1.29 is 9.18 Å². The van der Waals surface area contributed by atoms with Crippen molar-refractivity contribution in [1.29, 1.82) is 0 Å². The summed E-state index contributed by atoms with van der Waals surface area (Å²) in [6.45, 7) is 0.503. The predicted molar refractivity (Wildman–Crippen MR) is 106 cm³/mol. The maximum absolute atomic E-state index is 13.2. The van der Waals surface area contributed by atoms with Gasteiger partial charge in [0.05, 0.1) is 11.9 Å². The highest BCUT2D eigenvalue weighted by atomic mass is 19.1. The highest BCUT2D eigenvalue weighted by Crippen LogP contribution is 2.27. The van der Waals surface area contributed by atoms with Gasteiger partial charge in [0, 0.05) is 12.2 Å². The summed E-state index contributed by atoms with van der Waals surface area (Å²) in [6, 6.07) is 13.5. The van der Waals surface area contributed by atoms with Crippen LogP contribution < -0.4 is 10.5 Å². The summed E-state index contributed by atoms with van der Waals surface area (Å²) in [4.78, 5) is 31.7. The van der Waals surface area contributed by atoms with E-state index in [0.29, 0.717) is 23.3 Å². The quantitative estimate of drug-likeness (QED) is 0.539. The van der Waals surface area contributed by atoms with Crippen molar-refractivity contribution in [2.45, 2.75) is 13.0 Å². The molecule has 0 fully saturated rings. The lowest BCUT2D eigenvalue weighted by molar-refractivity contribution is -0.119. The van der Waals surface area contributed by atoms with Gasteiger partial charge in [0.15, 0.2) is 5.65 Å². The maximum Gasteiger partial charge on any atom is 0.264 e. The van der Waals surface area contributed by atoms with Crippen molar-refractivity contribution in [3.05, 3.63) is 82.8 Å². The van der Waals surface area contributed by atoms with Crippen molar-refractivity contribution in [2.24, 2.45) is 0 Å². The molecule has 0 saturated carbocycles. The van der Waals surface area contributed by atoms with Crippen LogP contribution in [0.25, 0.3) is 16.7 Å². The number of carbonyl (C=O) groups excluding carboxylic acids is 1. The monoisotopic (exact) mass is 389 g/mol. The van der Waals surface area contributed by atoms with E-state index >= 15 is 0 Å². The standard InChI is InChI=1S/C21H16FN5O2/c22-15-5-7-16(8-6-15)27-20-17(11-24-27)21(29)25(13-23-20)12-19(28)26-10-9-14-3-1-2-4-18(14)26/h1-8,11,13H,9-10,12H2. The highest BCUT2D eigenvalue weighted by molar-refractivity contribution is 5.95. The second kappa shape index (κ2) is 6.66. The Balaban J connectivity index is 1.46. The van der Waals surface area contributed by atoms with Crippen LogP contribution in [0.4, 0.5) is 10.1 Å². The number of para-hydroxylation sites is 1. The third kappa shape index (κ3) is 2.89. The predicted octanol–water partition coefficient (Wildman–Crippen LogP) is 2.31. The maximum atomic E-state index is 13.2. The molecule has 2 aromatic heterocycles.